The van der Waals surface area contributed by atoms with E-state index >= 15 is 0 Å². The summed E-state index contributed by atoms with van der Waals surface area (Å²) >= 11 is 0. The van der Waals surface area contributed by atoms with Gasteiger partial charge in [-0.05, 0) is 24.7 Å². The summed E-state index contributed by atoms with van der Waals surface area (Å²) in [6.45, 7) is 5.31. The minimum Gasteiger partial charge on any atom is -0.497 e. The monoisotopic (exact) mass is 317 g/mol. The van der Waals surface area contributed by atoms with Gasteiger partial charge in [-0.15, -0.1) is 0 Å². The minimum absolute atomic E-state index is 0.162. The van der Waals surface area contributed by atoms with Crippen LogP contribution in [0, 0.1) is 0 Å². The molecule has 0 saturated carbocycles. The van der Waals surface area contributed by atoms with Gasteiger partial charge in [-0.1, -0.05) is 12.1 Å². The second-order valence-electron chi connectivity index (χ2n) is 5.96. The number of nitrogens with zero attached hydrogens (tertiary/aromatic N) is 4. The first kappa shape index (κ1) is 15.8. The molecule has 3 rings (SSSR count). The average Bonchev–Trinajstić information content (AvgIpc) is 2.91. The van der Waals surface area contributed by atoms with Crippen LogP contribution in [0.4, 0.5) is 0 Å². The van der Waals surface area contributed by atoms with Crippen LogP contribution < -0.4 is 10.4 Å². The smallest absolute Gasteiger partial charge is 0.343 e. The molecule has 0 bridgehead atoms. The summed E-state index contributed by atoms with van der Waals surface area (Å²) in [5.41, 5.74) is 0.888. The van der Waals surface area contributed by atoms with E-state index in [1.165, 1.54) is 0 Å². The van der Waals surface area contributed by atoms with Crippen molar-refractivity contribution in [3.8, 4) is 5.75 Å². The third-order valence-electron chi connectivity index (χ3n) is 4.30. The van der Waals surface area contributed by atoms with Crippen LogP contribution in [0.3, 0.4) is 0 Å². The number of nitrogens with one attached hydrogen (secondary N) is 1. The Balaban J connectivity index is 1.71. The maximum atomic E-state index is 12.1. The lowest BCUT2D eigenvalue weighted by atomic mass is 10.2. The highest BCUT2D eigenvalue weighted by atomic mass is 16.5. The number of hydrogen-bond donors (Lipinski definition) is 1. The number of H-pyrrole nitrogens is 1. The number of aromatic nitrogens is 3. The molecule has 124 valence electrons. The first-order valence-electron chi connectivity index (χ1n) is 7.83. The lowest BCUT2D eigenvalue weighted by Gasteiger charge is -2.31. The molecule has 7 nitrogen and oxygen atoms in total. The maximum Gasteiger partial charge on any atom is 0.343 e. The van der Waals surface area contributed by atoms with E-state index in [0.29, 0.717) is 13.1 Å². The maximum absolute atomic E-state index is 12.1. The van der Waals surface area contributed by atoms with Crippen molar-refractivity contribution in [3.05, 3.63) is 46.1 Å². The zero-order valence-corrected chi connectivity index (χ0v) is 13.7. The van der Waals surface area contributed by atoms with Crippen molar-refractivity contribution < 1.29 is 4.74 Å². The van der Waals surface area contributed by atoms with Crippen molar-refractivity contribution in [1.82, 2.24) is 24.6 Å². The molecule has 1 saturated heterocycles. The molecular formula is C16H23N5O2. The third-order valence-corrected chi connectivity index (χ3v) is 4.30. The van der Waals surface area contributed by atoms with Gasteiger partial charge in [0.1, 0.15) is 11.6 Å². The molecule has 2 aromatic rings. The number of rotatable bonds is 5. The molecule has 7 heteroatoms. The number of likely N-dealkylation sites (N-methyl/N-ethyl adjacent to an activating group) is 1. The molecule has 1 aromatic heterocycles. The summed E-state index contributed by atoms with van der Waals surface area (Å²) in [5, 5.41) is 6.78. The first-order valence-corrected chi connectivity index (χ1v) is 7.83. The van der Waals surface area contributed by atoms with Crippen LogP contribution in [0.5, 0.6) is 5.75 Å². The number of methoxy groups -OCH3 is 1. The highest BCUT2D eigenvalue weighted by Gasteiger charge is 2.17. The van der Waals surface area contributed by atoms with E-state index in [1.807, 2.05) is 24.3 Å². The molecule has 0 atom stereocenters. The third kappa shape index (κ3) is 3.80. The lowest BCUT2D eigenvalue weighted by molar-refractivity contribution is 0.144. The predicted octanol–water partition coefficient (Wildman–Crippen LogP) is 0.376. The van der Waals surface area contributed by atoms with Crippen molar-refractivity contribution in [2.75, 3.05) is 40.3 Å². The summed E-state index contributed by atoms with van der Waals surface area (Å²) in [6.07, 6.45) is 0. The van der Waals surface area contributed by atoms with Crippen LogP contribution in [0.2, 0.25) is 0 Å². The molecule has 1 fully saturated rings. The van der Waals surface area contributed by atoms with Crippen molar-refractivity contribution in [1.29, 1.82) is 0 Å². The van der Waals surface area contributed by atoms with E-state index < -0.39 is 0 Å². The van der Waals surface area contributed by atoms with E-state index in [0.717, 1.165) is 43.3 Å². The van der Waals surface area contributed by atoms with Crippen LogP contribution in [0.25, 0.3) is 0 Å². The fraction of sp³-hybridized carbons (Fsp3) is 0.500. The van der Waals surface area contributed by atoms with Gasteiger partial charge in [0, 0.05) is 26.2 Å². The van der Waals surface area contributed by atoms with Crippen LogP contribution in [0.15, 0.2) is 29.1 Å². The Morgan fingerprint density at radius 2 is 1.83 bits per heavy atom. The summed E-state index contributed by atoms with van der Waals surface area (Å²) in [4.78, 5) is 16.7. The van der Waals surface area contributed by atoms with Gasteiger partial charge in [0.05, 0.1) is 20.2 Å². The summed E-state index contributed by atoms with van der Waals surface area (Å²) in [6, 6.07) is 7.75. The standard InChI is InChI=1S/C16H23N5O2/c1-19-7-9-20(10-8-19)12-15-17-18-16(22)21(15)11-13-3-5-14(23-2)6-4-13/h3-6H,7-12H2,1-2H3,(H,18,22). The second kappa shape index (κ2) is 6.97. The number of piperazine rings is 1. The van der Waals surface area contributed by atoms with Gasteiger partial charge < -0.3 is 9.64 Å². The highest BCUT2D eigenvalue weighted by molar-refractivity contribution is 5.27. The summed E-state index contributed by atoms with van der Waals surface area (Å²) < 4.78 is 6.87. The molecule has 0 radical (unpaired) electrons. The zero-order valence-electron chi connectivity index (χ0n) is 13.7. The first-order chi connectivity index (χ1) is 11.2. The highest BCUT2D eigenvalue weighted by Crippen LogP contribution is 2.13. The van der Waals surface area contributed by atoms with Gasteiger partial charge in [-0.25, -0.2) is 9.89 Å². The van der Waals surface area contributed by atoms with Gasteiger partial charge in [0.2, 0.25) is 0 Å². The Morgan fingerprint density at radius 3 is 2.48 bits per heavy atom. The zero-order chi connectivity index (χ0) is 16.2. The van der Waals surface area contributed by atoms with Gasteiger partial charge >= 0.3 is 5.69 Å². The largest absolute Gasteiger partial charge is 0.497 e. The Morgan fingerprint density at radius 1 is 1.13 bits per heavy atom. The van der Waals surface area contributed by atoms with Crippen molar-refractivity contribution >= 4 is 0 Å². The van der Waals surface area contributed by atoms with Crippen LogP contribution in [-0.2, 0) is 13.1 Å². The average molecular weight is 317 g/mol. The summed E-state index contributed by atoms with van der Waals surface area (Å²) in [5.74, 6) is 1.60. The SMILES string of the molecule is COc1ccc(Cn2c(CN3CCN(C)CC3)n[nH]c2=O)cc1. The second-order valence-corrected chi connectivity index (χ2v) is 5.96. The van der Waals surface area contributed by atoms with Gasteiger partial charge in [0.15, 0.2) is 0 Å². The quantitative estimate of drug-likeness (QED) is 0.863. The number of benzene rings is 1. The van der Waals surface area contributed by atoms with E-state index in [-0.39, 0.29) is 5.69 Å². The van der Waals surface area contributed by atoms with E-state index in [4.69, 9.17) is 4.74 Å². The topological polar surface area (TPSA) is 66.4 Å². The van der Waals surface area contributed by atoms with E-state index in [9.17, 15) is 4.79 Å². The lowest BCUT2D eigenvalue weighted by Crippen LogP contribution is -2.44. The number of aromatic amines is 1. The van der Waals surface area contributed by atoms with Gasteiger partial charge in [-0.3, -0.25) is 9.47 Å². The van der Waals surface area contributed by atoms with E-state index in [2.05, 4.69) is 27.0 Å². The van der Waals surface area contributed by atoms with E-state index in [1.54, 1.807) is 11.7 Å². The molecule has 1 aromatic carbocycles. The predicted molar refractivity (Wildman–Crippen MR) is 87.7 cm³/mol. The molecule has 0 aliphatic carbocycles. The molecule has 0 amide bonds. The summed E-state index contributed by atoms with van der Waals surface area (Å²) in [7, 11) is 3.77. The minimum atomic E-state index is -0.162. The molecular weight excluding hydrogens is 294 g/mol. The number of ether oxygens (including phenoxy) is 1. The molecule has 2 heterocycles. The molecule has 1 aliphatic heterocycles. The Kier molecular flexibility index (Phi) is 4.78. The van der Waals surface area contributed by atoms with Crippen molar-refractivity contribution in [3.63, 3.8) is 0 Å². The van der Waals surface area contributed by atoms with Crippen LogP contribution in [-0.4, -0.2) is 64.9 Å². The normalized spacial score (nSPS) is 16.6. The molecule has 0 spiro atoms. The van der Waals surface area contributed by atoms with Crippen LogP contribution >= 0.6 is 0 Å². The van der Waals surface area contributed by atoms with Crippen LogP contribution in [0.1, 0.15) is 11.4 Å². The Bertz CT molecular complexity index is 683. The fourth-order valence-corrected chi connectivity index (χ4v) is 2.75. The Labute approximate surface area is 135 Å². The van der Waals surface area contributed by atoms with Gasteiger partial charge in [0.25, 0.3) is 0 Å². The molecule has 23 heavy (non-hydrogen) atoms. The Hall–Kier alpha value is -2.12. The fourth-order valence-electron chi connectivity index (χ4n) is 2.75. The van der Waals surface area contributed by atoms with Crippen molar-refractivity contribution in [2.24, 2.45) is 0 Å². The van der Waals surface area contributed by atoms with Crippen molar-refractivity contribution in [2.45, 2.75) is 13.1 Å². The molecule has 0 unspecified atom stereocenters. The van der Waals surface area contributed by atoms with Gasteiger partial charge in [-0.2, -0.15) is 5.10 Å². The molecule has 1 aliphatic rings. The molecule has 1 N–H and O–H groups in total. The number of hydrogen-bond acceptors (Lipinski definition) is 5.